The van der Waals surface area contributed by atoms with E-state index in [1.807, 2.05) is 13.8 Å². The summed E-state index contributed by atoms with van der Waals surface area (Å²) >= 11 is 0. The van der Waals surface area contributed by atoms with E-state index in [2.05, 4.69) is 0 Å². The molecule has 1 fully saturated rings. The molecule has 0 bridgehead atoms. The van der Waals surface area contributed by atoms with E-state index in [1.54, 1.807) is 12.1 Å². The van der Waals surface area contributed by atoms with E-state index in [0.29, 0.717) is 13.0 Å². The van der Waals surface area contributed by atoms with Crippen molar-refractivity contribution in [1.82, 2.24) is 0 Å². The molecule has 3 unspecified atom stereocenters. The molecule has 20 heavy (non-hydrogen) atoms. The van der Waals surface area contributed by atoms with Gasteiger partial charge in [0.05, 0.1) is 4.92 Å². The van der Waals surface area contributed by atoms with Crippen molar-refractivity contribution in [2.24, 2.45) is 5.73 Å². The van der Waals surface area contributed by atoms with Gasteiger partial charge in [0, 0.05) is 25.1 Å². The number of nitrogens with two attached hydrogens (primary N) is 1. The Labute approximate surface area is 118 Å². The zero-order valence-electron chi connectivity index (χ0n) is 11.7. The van der Waals surface area contributed by atoms with Crippen LogP contribution in [0.2, 0.25) is 0 Å². The molecule has 0 spiro atoms. The minimum atomic E-state index is -0.428. The number of nitro benzene ring substituents is 1. The molecule has 0 radical (unpaired) electrons. The Bertz CT molecular complexity index is 492. The van der Waals surface area contributed by atoms with Gasteiger partial charge >= 0.3 is 5.69 Å². The first-order chi connectivity index (χ1) is 9.52. The number of hydrogen-bond donors (Lipinski definition) is 1. The molecule has 1 aromatic rings. The largest absolute Gasteiger partial charge is 0.481 e. The van der Waals surface area contributed by atoms with Crippen LogP contribution in [0.25, 0.3) is 0 Å². The number of benzene rings is 1. The van der Waals surface area contributed by atoms with Crippen LogP contribution < -0.4 is 10.5 Å². The lowest BCUT2D eigenvalue weighted by Crippen LogP contribution is -2.59. The fraction of sp³-hybridized carbons (Fsp3) is 0.571. The zero-order chi connectivity index (χ0) is 14.7. The van der Waals surface area contributed by atoms with Crippen molar-refractivity contribution in [2.75, 3.05) is 6.61 Å². The van der Waals surface area contributed by atoms with Crippen LogP contribution in [0.3, 0.4) is 0 Å². The minimum Gasteiger partial charge on any atom is -0.481 e. The van der Waals surface area contributed by atoms with Gasteiger partial charge in [-0.05, 0) is 25.0 Å². The van der Waals surface area contributed by atoms with Crippen LogP contribution >= 0.6 is 0 Å². The van der Waals surface area contributed by atoms with E-state index >= 15 is 0 Å². The summed E-state index contributed by atoms with van der Waals surface area (Å²) in [4.78, 5) is 10.6. The monoisotopic (exact) mass is 280 g/mol. The van der Waals surface area contributed by atoms with Gasteiger partial charge in [0.25, 0.3) is 0 Å². The van der Waals surface area contributed by atoms with Crippen LogP contribution in [0, 0.1) is 17.0 Å². The van der Waals surface area contributed by atoms with Gasteiger partial charge in [-0.25, -0.2) is 0 Å². The summed E-state index contributed by atoms with van der Waals surface area (Å²) in [6.07, 6.45) is 1.16. The van der Waals surface area contributed by atoms with Crippen LogP contribution in [-0.4, -0.2) is 29.8 Å². The third-order valence-electron chi connectivity index (χ3n) is 3.40. The van der Waals surface area contributed by atoms with Gasteiger partial charge in [0.2, 0.25) is 0 Å². The molecule has 2 rings (SSSR count). The summed E-state index contributed by atoms with van der Waals surface area (Å²) in [5.74, 6) is 0.280. The molecule has 110 valence electrons. The Morgan fingerprint density at radius 1 is 1.50 bits per heavy atom. The third kappa shape index (κ3) is 3.08. The van der Waals surface area contributed by atoms with E-state index in [9.17, 15) is 10.1 Å². The molecular formula is C14H20N2O4. The molecule has 0 aromatic heterocycles. The van der Waals surface area contributed by atoms with Crippen LogP contribution in [0.5, 0.6) is 5.75 Å². The van der Waals surface area contributed by atoms with Gasteiger partial charge in [-0.15, -0.1) is 0 Å². The number of aryl methyl sites for hydroxylation is 1. The summed E-state index contributed by atoms with van der Waals surface area (Å²) < 4.78 is 11.4. The predicted octanol–water partition coefficient (Wildman–Crippen LogP) is 2.18. The van der Waals surface area contributed by atoms with Crippen LogP contribution in [-0.2, 0) is 4.74 Å². The quantitative estimate of drug-likeness (QED) is 0.637. The molecule has 0 amide bonds. The minimum absolute atomic E-state index is 0.0142. The van der Waals surface area contributed by atoms with Gasteiger partial charge < -0.3 is 15.2 Å². The summed E-state index contributed by atoms with van der Waals surface area (Å²) in [7, 11) is 0. The highest BCUT2D eigenvalue weighted by molar-refractivity contribution is 5.48. The maximum atomic E-state index is 11.0. The Morgan fingerprint density at radius 2 is 2.25 bits per heavy atom. The second-order valence-corrected chi connectivity index (χ2v) is 5.12. The lowest BCUT2D eigenvalue weighted by molar-refractivity contribution is -0.386. The first-order valence-corrected chi connectivity index (χ1v) is 6.81. The molecule has 0 heterocycles. The highest BCUT2D eigenvalue weighted by Gasteiger charge is 2.42. The lowest BCUT2D eigenvalue weighted by Gasteiger charge is -2.41. The zero-order valence-corrected chi connectivity index (χ0v) is 11.7. The summed E-state index contributed by atoms with van der Waals surface area (Å²) in [6.45, 7) is 4.45. The number of rotatable bonds is 6. The van der Waals surface area contributed by atoms with E-state index < -0.39 is 4.92 Å². The first kappa shape index (κ1) is 14.7. The van der Waals surface area contributed by atoms with Gasteiger partial charge in [-0.3, -0.25) is 10.1 Å². The van der Waals surface area contributed by atoms with Crippen molar-refractivity contribution >= 4 is 5.69 Å². The average Bonchev–Trinajstić information content (AvgIpc) is 2.40. The molecule has 6 heteroatoms. The van der Waals surface area contributed by atoms with Gasteiger partial charge in [-0.2, -0.15) is 0 Å². The normalized spacial score (nSPS) is 25.1. The fourth-order valence-electron chi connectivity index (χ4n) is 2.25. The van der Waals surface area contributed by atoms with Crippen LogP contribution in [0.4, 0.5) is 5.69 Å². The first-order valence-electron chi connectivity index (χ1n) is 6.81. The molecule has 3 atom stereocenters. The van der Waals surface area contributed by atoms with E-state index in [-0.39, 0.29) is 29.7 Å². The Hall–Kier alpha value is -1.66. The van der Waals surface area contributed by atoms with Crippen molar-refractivity contribution in [3.8, 4) is 5.75 Å². The molecule has 1 aromatic carbocycles. The highest BCUT2D eigenvalue weighted by atomic mass is 16.6. The maximum absolute atomic E-state index is 11.0. The van der Waals surface area contributed by atoms with Gasteiger partial charge in [0.15, 0.2) is 5.75 Å². The lowest BCUT2D eigenvalue weighted by atomic mass is 9.86. The maximum Gasteiger partial charge on any atom is 0.311 e. The van der Waals surface area contributed by atoms with E-state index in [4.69, 9.17) is 15.2 Å². The SMILES string of the molecule is CCCOC1C(N)CC1Oc1ccc(C)cc1[N+](=O)[O-]. The molecular weight excluding hydrogens is 260 g/mol. The van der Waals surface area contributed by atoms with Crippen LogP contribution in [0.15, 0.2) is 18.2 Å². The van der Waals surface area contributed by atoms with Gasteiger partial charge in [0.1, 0.15) is 12.2 Å². The van der Waals surface area contributed by atoms with Crippen molar-refractivity contribution in [1.29, 1.82) is 0 Å². The molecule has 6 nitrogen and oxygen atoms in total. The number of hydrogen-bond acceptors (Lipinski definition) is 5. The van der Waals surface area contributed by atoms with E-state index in [1.165, 1.54) is 6.07 Å². The summed E-state index contributed by atoms with van der Waals surface area (Å²) in [5, 5.41) is 11.0. The number of nitro groups is 1. The Balaban J connectivity index is 2.08. The predicted molar refractivity (Wildman–Crippen MR) is 74.9 cm³/mol. The number of ether oxygens (including phenoxy) is 2. The van der Waals surface area contributed by atoms with Crippen molar-refractivity contribution < 1.29 is 14.4 Å². The standard InChI is InChI=1S/C14H20N2O4/c1-3-6-19-14-10(15)8-13(14)20-12-5-4-9(2)7-11(12)16(17)18/h4-5,7,10,13-14H,3,6,8,15H2,1-2H3. The topological polar surface area (TPSA) is 87.6 Å². The molecule has 0 aliphatic heterocycles. The average molecular weight is 280 g/mol. The van der Waals surface area contributed by atoms with E-state index in [0.717, 1.165) is 12.0 Å². The second kappa shape index (κ2) is 6.19. The Kier molecular flexibility index (Phi) is 4.57. The molecule has 0 saturated heterocycles. The van der Waals surface area contributed by atoms with Crippen molar-refractivity contribution in [3.63, 3.8) is 0 Å². The van der Waals surface area contributed by atoms with Gasteiger partial charge in [-0.1, -0.05) is 13.0 Å². The van der Waals surface area contributed by atoms with Crippen molar-refractivity contribution in [2.45, 2.75) is 44.9 Å². The number of nitrogens with zero attached hydrogens (tertiary/aromatic N) is 1. The molecule has 1 aliphatic carbocycles. The highest BCUT2D eigenvalue weighted by Crippen LogP contribution is 2.33. The molecule has 2 N–H and O–H groups in total. The van der Waals surface area contributed by atoms with Crippen LogP contribution in [0.1, 0.15) is 25.3 Å². The Morgan fingerprint density at radius 3 is 2.85 bits per heavy atom. The molecule has 1 saturated carbocycles. The summed E-state index contributed by atoms with van der Waals surface area (Å²) in [5.41, 5.74) is 6.70. The third-order valence-corrected chi connectivity index (χ3v) is 3.40. The second-order valence-electron chi connectivity index (χ2n) is 5.12. The summed E-state index contributed by atoms with van der Waals surface area (Å²) in [6, 6.07) is 4.88. The molecule has 1 aliphatic rings. The van der Waals surface area contributed by atoms with Crippen molar-refractivity contribution in [3.05, 3.63) is 33.9 Å². The fourth-order valence-corrected chi connectivity index (χ4v) is 2.25. The smallest absolute Gasteiger partial charge is 0.311 e.